The van der Waals surface area contributed by atoms with Crippen LogP contribution in [0.3, 0.4) is 0 Å². The topological polar surface area (TPSA) is 15.3 Å². The smallest absolute Gasteiger partial charge is 0.0629 e. The lowest BCUT2D eigenvalue weighted by Gasteiger charge is -2.41. The molecule has 2 nitrogen and oxygen atoms in total. The highest BCUT2D eigenvalue weighted by Gasteiger charge is 2.46. The highest BCUT2D eigenvalue weighted by molar-refractivity contribution is 4.99. The molecule has 0 aromatic rings. The van der Waals surface area contributed by atoms with Crippen molar-refractivity contribution in [3.63, 3.8) is 0 Å². The van der Waals surface area contributed by atoms with E-state index in [9.17, 15) is 0 Å². The second-order valence-corrected chi connectivity index (χ2v) is 8.62. The fourth-order valence-corrected chi connectivity index (χ4v) is 4.95. The largest absolute Gasteiger partial charge is 0.301 e. The lowest BCUT2D eigenvalue weighted by atomic mass is 9.82. The van der Waals surface area contributed by atoms with E-state index in [0.717, 1.165) is 17.9 Å². The van der Waals surface area contributed by atoms with Crippen LogP contribution in [0.5, 0.6) is 0 Å². The van der Waals surface area contributed by atoms with E-state index >= 15 is 0 Å². The third-order valence-corrected chi connectivity index (χ3v) is 6.03. The number of nitrogens with zero attached hydrogens (tertiary/aromatic N) is 1. The number of hydrogen-bond acceptors (Lipinski definition) is 2. The minimum Gasteiger partial charge on any atom is -0.301 e. The van der Waals surface area contributed by atoms with Crippen molar-refractivity contribution in [2.24, 2.45) is 17.3 Å². The molecule has 0 spiro atoms. The summed E-state index contributed by atoms with van der Waals surface area (Å²) in [4.78, 5) is 2.89. The Kier molecular flexibility index (Phi) is 4.42. The first kappa shape index (κ1) is 14.8. The molecule has 1 saturated carbocycles. The molecule has 1 aliphatic carbocycles. The van der Waals surface area contributed by atoms with Crippen LogP contribution in [0.25, 0.3) is 0 Å². The van der Waals surface area contributed by atoms with Crippen LogP contribution in [0.2, 0.25) is 0 Å². The van der Waals surface area contributed by atoms with E-state index in [2.05, 4.69) is 31.0 Å². The van der Waals surface area contributed by atoms with Gasteiger partial charge < -0.3 is 5.32 Å². The molecule has 20 heavy (non-hydrogen) atoms. The SMILES string of the molecule is CC(C)(C)C1CC2CCCNC2N1CC1CCCCC1. The molecule has 0 amide bonds. The molecule has 0 aromatic heterocycles. The molecule has 116 valence electrons. The quantitative estimate of drug-likeness (QED) is 0.821. The molecule has 3 aliphatic rings. The van der Waals surface area contributed by atoms with Crippen molar-refractivity contribution in [2.45, 2.75) is 84.3 Å². The predicted molar refractivity (Wildman–Crippen MR) is 85.7 cm³/mol. The molecule has 3 unspecified atom stereocenters. The molecule has 1 N–H and O–H groups in total. The van der Waals surface area contributed by atoms with Crippen LogP contribution >= 0.6 is 0 Å². The van der Waals surface area contributed by atoms with Crippen LogP contribution < -0.4 is 5.32 Å². The van der Waals surface area contributed by atoms with Gasteiger partial charge in [0.25, 0.3) is 0 Å². The van der Waals surface area contributed by atoms with Crippen molar-refractivity contribution in [2.75, 3.05) is 13.1 Å². The Labute approximate surface area is 125 Å². The third-order valence-electron chi connectivity index (χ3n) is 6.03. The molecule has 0 aromatic carbocycles. The van der Waals surface area contributed by atoms with Gasteiger partial charge in [0, 0.05) is 12.6 Å². The number of fused-ring (bicyclic) bond motifs is 1. The maximum Gasteiger partial charge on any atom is 0.0629 e. The molecule has 0 bridgehead atoms. The van der Waals surface area contributed by atoms with E-state index in [1.165, 1.54) is 64.5 Å². The van der Waals surface area contributed by atoms with Gasteiger partial charge in [0.2, 0.25) is 0 Å². The Morgan fingerprint density at radius 1 is 1.00 bits per heavy atom. The summed E-state index contributed by atoms with van der Waals surface area (Å²) < 4.78 is 0. The lowest BCUT2D eigenvalue weighted by Crippen LogP contribution is -2.53. The van der Waals surface area contributed by atoms with Gasteiger partial charge in [0.1, 0.15) is 0 Å². The Bertz CT molecular complexity index is 314. The molecule has 3 fully saturated rings. The second kappa shape index (κ2) is 5.96. The average Bonchev–Trinajstić information content (AvgIpc) is 2.79. The normalized spacial score (nSPS) is 37.0. The fourth-order valence-electron chi connectivity index (χ4n) is 4.95. The highest BCUT2D eigenvalue weighted by atomic mass is 15.3. The molecule has 2 heterocycles. The maximum atomic E-state index is 3.85. The summed E-state index contributed by atoms with van der Waals surface area (Å²) in [6.45, 7) is 9.93. The Morgan fingerprint density at radius 2 is 1.75 bits per heavy atom. The summed E-state index contributed by atoms with van der Waals surface area (Å²) in [6, 6.07) is 0.782. The highest BCUT2D eigenvalue weighted by Crippen LogP contribution is 2.42. The van der Waals surface area contributed by atoms with Crippen molar-refractivity contribution in [3.05, 3.63) is 0 Å². The van der Waals surface area contributed by atoms with Crippen molar-refractivity contribution in [3.8, 4) is 0 Å². The summed E-state index contributed by atoms with van der Waals surface area (Å²) in [5.74, 6) is 1.88. The Balaban J connectivity index is 1.72. The zero-order valence-electron chi connectivity index (χ0n) is 13.8. The monoisotopic (exact) mass is 278 g/mol. The van der Waals surface area contributed by atoms with Crippen molar-refractivity contribution in [1.82, 2.24) is 10.2 Å². The van der Waals surface area contributed by atoms with Crippen LogP contribution in [0, 0.1) is 17.3 Å². The molecule has 3 rings (SSSR count). The van der Waals surface area contributed by atoms with Gasteiger partial charge in [-0.1, -0.05) is 40.0 Å². The minimum atomic E-state index is 0.424. The zero-order chi connectivity index (χ0) is 14.2. The fraction of sp³-hybridized carbons (Fsp3) is 1.00. The van der Waals surface area contributed by atoms with Gasteiger partial charge in [-0.25, -0.2) is 0 Å². The van der Waals surface area contributed by atoms with E-state index in [4.69, 9.17) is 0 Å². The summed E-state index contributed by atoms with van der Waals surface area (Å²) in [5.41, 5.74) is 0.424. The van der Waals surface area contributed by atoms with Gasteiger partial charge in [-0.3, -0.25) is 4.90 Å². The van der Waals surface area contributed by atoms with Crippen molar-refractivity contribution >= 4 is 0 Å². The summed E-state index contributed by atoms with van der Waals surface area (Å²) in [7, 11) is 0. The molecule has 2 heteroatoms. The van der Waals surface area contributed by atoms with Crippen molar-refractivity contribution < 1.29 is 0 Å². The van der Waals surface area contributed by atoms with E-state index in [1.54, 1.807) is 0 Å². The molecular formula is C18H34N2. The Morgan fingerprint density at radius 3 is 2.45 bits per heavy atom. The lowest BCUT2D eigenvalue weighted by molar-refractivity contribution is 0.0591. The molecule has 3 atom stereocenters. The third kappa shape index (κ3) is 3.06. The standard InChI is InChI=1S/C18H34N2/c1-18(2,3)16-12-15-10-7-11-19-17(15)20(16)13-14-8-5-4-6-9-14/h14-17,19H,4-13H2,1-3H3. The first-order chi connectivity index (χ1) is 9.55. The second-order valence-electron chi connectivity index (χ2n) is 8.62. The first-order valence-electron chi connectivity index (χ1n) is 9.05. The number of piperidine rings is 1. The zero-order valence-corrected chi connectivity index (χ0v) is 13.8. The number of hydrogen-bond donors (Lipinski definition) is 1. The van der Waals surface area contributed by atoms with E-state index < -0.39 is 0 Å². The van der Waals surface area contributed by atoms with Crippen molar-refractivity contribution in [1.29, 1.82) is 0 Å². The van der Waals surface area contributed by atoms with Gasteiger partial charge in [0.05, 0.1) is 6.17 Å². The molecular weight excluding hydrogens is 244 g/mol. The van der Waals surface area contributed by atoms with Gasteiger partial charge >= 0.3 is 0 Å². The predicted octanol–water partition coefficient (Wildman–Crippen LogP) is 4.01. The van der Waals surface area contributed by atoms with Crippen LogP contribution in [0.15, 0.2) is 0 Å². The van der Waals surface area contributed by atoms with Crippen LogP contribution in [0.1, 0.15) is 72.1 Å². The van der Waals surface area contributed by atoms with Gasteiger partial charge in [-0.15, -0.1) is 0 Å². The number of likely N-dealkylation sites (tertiary alicyclic amines) is 1. The Hall–Kier alpha value is -0.0800. The van der Waals surface area contributed by atoms with E-state index in [-0.39, 0.29) is 0 Å². The number of rotatable bonds is 2. The van der Waals surface area contributed by atoms with Gasteiger partial charge in [-0.05, 0) is 55.9 Å². The van der Waals surface area contributed by atoms with Crippen LogP contribution in [-0.4, -0.2) is 30.2 Å². The summed E-state index contributed by atoms with van der Waals surface area (Å²) in [5, 5.41) is 3.85. The first-order valence-corrected chi connectivity index (χ1v) is 9.05. The summed E-state index contributed by atoms with van der Waals surface area (Å²) in [6.07, 6.45) is 12.3. The van der Waals surface area contributed by atoms with Crippen LogP contribution in [-0.2, 0) is 0 Å². The van der Waals surface area contributed by atoms with Crippen LogP contribution in [0.4, 0.5) is 0 Å². The van der Waals surface area contributed by atoms with Gasteiger partial charge in [-0.2, -0.15) is 0 Å². The molecule has 2 aliphatic heterocycles. The molecule has 0 radical (unpaired) electrons. The average molecular weight is 278 g/mol. The van der Waals surface area contributed by atoms with E-state index in [1.807, 2.05) is 0 Å². The molecule has 2 saturated heterocycles. The maximum absolute atomic E-state index is 3.85. The minimum absolute atomic E-state index is 0.424. The number of nitrogens with one attached hydrogen (secondary N) is 1. The van der Waals surface area contributed by atoms with Gasteiger partial charge in [0.15, 0.2) is 0 Å². The van der Waals surface area contributed by atoms with E-state index in [0.29, 0.717) is 11.6 Å². The summed E-state index contributed by atoms with van der Waals surface area (Å²) >= 11 is 0.